The molecule has 0 amide bonds. The fraction of sp³-hybridized carbons (Fsp3) is 0.647. The molecule has 122 valence electrons. The molecule has 2 saturated heterocycles. The molecule has 0 aromatic heterocycles. The van der Waals surface area contributed by atoms with Crippen LogP contribution in [0.15, 0.2) is 24.3 Å². The Bertz CT molecular complexity index is 483. The van der Waals surface area contributed by atoms with Crippen LogP contribution in [-0.4, -0.2) is 54.6 Å². The molecule has 5 heteroatoms. The summed E-state index contributed by atoms with van der Waals surface area (Å²) in [7, 11) is 0. The maximum absolute atomic E-state index is 10.7. The first-order valence-electron chi connectivity index (χ1n) is 8.07. The van der Waals surface area contributed by atoms with Gasteiger partial charge in [0.15, 0.2) is 0 Å². The molecule has 4 nitrogen and oxygen atoms in total. The normalized spacial score (nSPS) is 23.4. The summed E-state index contributed by atoms with van der Waals surface area (Å²) in [4.78, 5) is 2.50. The van der Waals surface area contributed by atoms with Crippen molar-refractivity contribution in [3.8, 4) is 5.75 Å². The molecule has 0 unspecified atom stereocenters. The Hall–Kier alpha value is -0.810. The predicted molar refractivity (Wildman–Crippen MR) is 86.5 cm³/mol. The molecule has 2 aliphatic heterocycles. The van der Waals surface area contributed by atoms with Gasteiger partial charge in [-0.05, 0) is 43.9 Å². The Morgan fingerprint density at radius 3 is 2.68 bits per heavy atom. The standard InChI is InChI=1S/C17H24ClNO3/c18-14-2-1-3-16(12-14)22-13-17(20)6-8-19(9-7-17)15-4-10-21-11-5-15/h1-3,12,15,20H,4-11,13H2. The molecule has 2 aliphatic rings. The van der Waals surface area contributed by atoms with Gasteiger partial charge in [0.25, 0.3) is 0 Å². The van der Waals surface area contributed by atoms with Gasteiger partial charge in [-0.25, -0.2) is 0 Å². The minimum Gasteiger partial charge on any atom is -0.491 e. The first-order chi connectivity index (χ1) is 10.6. The van der Waals surface area contributed by atoms with Crippen LogP contribution in [0.2, 0.25) is 5.02 Å². The SMILES string of the molecule is OC1(COc2cccc(Cl)c2)CCN(C2CCOCC2)CC1. The van der Waals surface area contributed by atoms with Gasteiger partial charge in [-0.15, -0.1) is 0 Å². The van der Waals surface area contributed by atoms with Crippen molar-refractivity contribution in [2.45, 2.75) is 37.3 Å². The average molecular weight is 326 g/mol. The molecule has 0 spiro atoms. The van der Waals surface area contributed by atoms with Crippen molar-refractivity contribution in [1.29, 1.82) is 0 Å². The van der Waals surface area contributed by atoms with Crippen molar-refractivity contribution in [2.24, 2.45) is 0 Å². The number of benzene rings is 1. The number of halogens is 1. The van der Waals surface area contributed by atoms with Crippen LogP contribution in [0.25, 0.3) is 0 Å². The van der Waals surface area contributed by atoms with Gasteiger partial charge in [-0.3, -0.25) is 4.90 Å². The first kappa shape index (κ1) is 16.1. The Morgan fingerprint density at radius 1 is 1.27 bits per heavy atom. The minimum absolute atomic E-state index is 0.328. The molecule has 0 atom stereocenters. The summed E-state index contributed by atoms with van der Waals surface area (Å²) in [5.41, 5.74) is -0.732. The maximum atomic E-state index is 10.7. The Kier molecular flexibility index (Phi) is 5.24. The summed E-state index contributed by atoms with van der Waals surface area (Å²) in [6.07, 6.45) is 3.73. The molecule has 3 rings (SSSR count). The third-order valence-corrected chi connectivity index (χ3v) is 4.97. The summed E-state index contributed by atoms with van der Waals surface area (Å²) < 4.78 is 11.2. The van der Waals surface area contributed by atoms with Gasteiger partial charge in [0.2, 0.25) is 0 Å². The molecule has 0 aliphatic carbocycles. The van der Waals surface area contributed by atoms with E-state index in [4.69, 9.17) is 21.1 Å². The molecule has 1 aromatic rings. The van der Waals surface area contributed by atoms with E-state index in [9.17, 15) is 5.11 Å². The van der Waals surface area contributed by atoms with Crippen molar-refractivity contribution >= 4 is 11.6 Å². The predicted octanol–water partition coefficient (Wildman–Crippen LogP) is 2.72. The number of likely N-dealkylation sites (tertiary alicyclic amines) is 1. The van der Waals surface area contributed by atoms with E-state index in [0.717, 1.165) is 52.0 Å². The van der Waals surface area contributed by atoms with Gasteiger partial charge in [0.05, 0.1) is 0 Å². The second kappa shape index (κ2) is 7.18. The zero-order chi connectivity index (χ0) is 15.4. The zero-order valence-corrected chi connectivity index (χ0v) is 13.6. The van der Waals surface area contributed by atoms with Crippen molar-refractivity contribution in [3.05, 3.63) is 29.3 Å². The molecule has 2 heterocycles. The molecule has 0 bridgehead atoms. The third kappa shape index (κ3) is 4.13. The molecule has 1 aromatic carbocycles. The molecule has 1 N–H and O–H groups in total. The average Bonchev–Trinajstić information content (AvgIpc) is 2.55. The van der Waals surface area contributed by atoms with Crippen molar-refractivity contribution in [1.82, 2.24) is 4.90 Å². The minimum atomic E-state index is -0.732. The van der Waals surface area contributed by atoms with Crippen LogP contribution in [0.5, 0.6) is 5.75 Å². The van der Waals surface area contributed by atoms with Crippen LogP contribution < -0.4 is 4.74 Å². The highest BCUT2D eigenvalue weighted by Crippen LogP contribution is 2.27. The molecule has 0 radical (unpaired) electrons. The Morgan fingerprint density at radius 2 is 2.00 bits per heavy atom. The largest absolute Gasteiger partial charge is 0.491 e. The first-order valence-corrected chi connectivity index (χ1v) is 8.45. The van der Waals surface area contributed by atoms with E-state index in [1.165, 1.54) is 0 Å². The number of aliphatic hydroxyl groups is 1. The number of ether oxygens (including phenoxy) is 2. The lowest BCUT2D eigenvalue weighted by molar-refractivity contribution is -0.0687. The van der Waals surface area contributed by atoms with Gasteiger partial charge >= 0.3 is 0 Å². The van der Waals surface area contributed by atoms with E-state index < -0.39 is 5.60 Å². The molecular formula is C17H24ClNO3. The third-order valence-electron chi connectivity index (χ3n) is 4.74. The topological polar surface area (TPSA) is 41.9 Å². The molecule has 2 fully saturated rings. The highest BCUT2D eigenvalue weighted by Gasteiger charge is 2.35. The zero-order valence-electron chi connectivity index (χ0n) is 12.8. The highest BCUT2D eigenvalue weighted by atomic mass is 35.5. The summed E-state index contributed by atoms with van der Waals surface area (Å²) >= 11 is 5.95. The van der Waals surface area contributed by atoms with Crippen LogP contribution in [-0.2, 0) is 4.74 Å². The highest BCUT2D eigenvalue weighted by molar-refractivity contribution is 6.30. The van der Waals surface area contributed by atoms with E-state index in [2.05, 4.69) is 4.90 Å². The maximum Gasteiger partial charge on any atom is 0.120 e. The Labute approximate surface area is 137 Å². The van der Waals surface area contributed by atoms with Crippen molar-refractivity contribution in [3.63, 3.8) is 0 Å². The Balaban J connectivity index is 1.48. The smallest absolute Gasteiger partial charge is 0.120 e. The number of hydrogen-bond donors (Lipinski definition) is 1. The monoisotopic (exact) mass is 325 g/mol. The van der Waals surface area contributed by atoms with Crippen LogP contribution in [0.1, 0.15) is 25.7 Å². The van der Waals surface area contributed by atoms with Crippen molar-refractivity contribution < 1.29 is 14.6 Å². The second-order valence-corrected chi connectivity index (χ2v) is 6.79. The van der Waals surface area contributed by atoms with E-state index in [1.54, 1.807) is 6.07 Å². The van der Waals surface area contributed by atoms with Gasteiger partial charge in [0.1, 0.15) is 18.0 Å². The van der Waals surface area contributed by atoms with E-state index in [0.29, 0.717) is 23.4 Å². The molecule has 22 heavy (non-hydrogen) atoms. The number of piperidine rings is 1. The van der Waals surface area contributed by atoms with Crippen molar-refractivity contribution in [2.75, 3.05) is 32.9 Å². The molecule has 0 saturated carbocycles. The summed E-state index contributed by atoms with van der Waals surface area (Å²) in [6.45, 7) is 3.92. The van der Waals surface area contributed by atoms with Crippen LogP contribution >= 0.6 is 11.6 Å². The van der Waals surface area contributed by atoms with E-state index in [-0.39, 0.29) is 0 Å². The molecular weight excluding hydrogens is 302 g/mol. The van der Waals surface area contributed by atoms with Gasteiger partial charge in [-0.1, -0.05) is 17.7 Å². The summed E-state index contributed by atoms with van der Waals surface area (Å²) in [6, 6.07) is 7.94. The lowest BCUT2D eigenvalue weighted by Crippen LogP contribution is -2.51. The fourth-order valence-electron chi connectivity index (χ4n) is 3.27. The summed E-state index contributed by atoms with van der Waals surface area (Å²) in [5.74, 6) is 0.716. The van der Waals surface area contributed by atoms with Gasteiger partial charge in [-0.2, -0.15) is 0 Å². The van der Waals surface area contributed by atoms with Gasteiger partial charge in [0, 0.05) is 37.4 Å². The summed E-state index contributed by atoms with van der Waals surface area (Å²) in [5, 5.41) is 11.4. The van der Waals surface area contributed by atoms with E-state index >= 15 is 0 Å². The van der Waals surface area contributed by atoms with Crippen LogP contribution in [0.3, 0.4) is 0 Å². The van der Waals surface area contributed by atoms with Crippen LogP contribution in [0, 0.1) is 0 Å². The second-order valence-electron chi connectivity index (χ2n) is 6.35. The fourth-order valence-corrected chi connectivity index (χ4v) is 3.45. The number of rotatable bonds is 4. The lowest BCUT2D eigenvalue weighted by Gasteiger charge is -2.42. The van der Waals surface area contributed by atoms with Crippen LogP contribution in [0.4, 0.5) is 0 Å². The number of hydrogen-bond acceptors (Lipinski definition) is 4. The quantitative estimate of drug-likeness (QED) is 0.924. The number of nitrogens with zero attached hydrogens (tertiary/aromatic N) is 1. The van der Waals surface area contributed by atoms with E-state index in [1.807, 2.05) is 18.2 Å². The van der Waals surface area contributed by atoms with Gasteiger partial charge < -0.3 is 14.6 Å². The lowest BCUT2D eigenvalue weighted by atomic mass is 9.90.